The van der Waals surface area contributed by atoms with E-state index in [0.29, 0.717) is 11.4 Å². The number of benzene rings is 1. The third-order valence-corrected chi connectivity index (χ3v) is 5.12. The predicted octanol–water partition coefficient (Wildman–Crippen LogP) is 3.87. The summed E-state index contributed by atoms with van der Waals surface area (Å²) in [5, 5.41) is 12.7. The Kier molecular flexibility index (Phi) is 6.19. The fourth-order valence-corrected chi connectivity index (χ4v) is 3.30. The number of carbonyl (C=O) groups is 1. The van der Waals surface area contributed by atoms with Gasteiger partial charge in [0, 0.05) is 6.20 Å². The van der Waals surface area contributed by atoms with Gasteiger partial charge in [0.25, 0.3) is 11.5 Å². The number of amides is 1. The molecule has 1 aromatic carbocycles. The van der Waals surface area contributed by atoms with Crippen molar-refractivity contribution in [2.24, 2.45) is 5.92 Å². The van der Waals surface area contributed by atoms with Crippen LogP contribution in [0.4, 0.5) is 18.9 Å². The molecule has 1 aliphatic carbocycles. The highest BCUT2D eigenvalue weighted by Gasteiger charge is 2.31. The number of nitrogens with zero attached hydrogens (tertiary/aromatic N) is 2. The summed E-state index contributed by atoms with van der Waals surface area (Å²) < 4.78 is 43.6. The minimum Gasteiger partial charge on any atom is -0.482 e. The average molecular weight is 459 g/mol. The van der Waals surface area contributed by atoms with E-state index < -0.39 is 30.4 Å². The zero-order valence-electron chi connectivity index (χ0n) is 17.2. The third-order valence-electron chi connectivity index (χ3n) is 5.12. The van der Waals surface area contributed by atoms with Crippen molar-refractivity contribution in [1.29, 1.82) is 0 Å². The Bertz CT molecular complexity index is 1200. The number of carbonyl (C=O) groups excluding carboxylic acids is 1. The van der Waals surface area contributed by atoms with Gasteiger partial charge in [-0.3, -0.25) is 19.1 Å². The predicted molar refractivity (Wildman–Crippen MR) is 113 cm³/mol. The summed E-state index contributed by atoms with van der Waals surface area (Å²) in [4.78, 5) is 29.8. The number of para-hydroxylation sites is 2. The highest BCUT2D eigenvalue weighted by atomic mass is 19.4. The number of nitrogens with one attached hydrogen (secondary N) is 1. The molecule has 1 amide bonds. The second-order valence-electron chi connectivity index (χ2n) is 7.68. The zero-order chi connectivity index (χ0) is 23.6. The van der Waals surface area contributed by atoms with Crippen LogP contribution >= 0.6 is 0 Å². The van der Waals surface area contributed by atoms with Crippen molar-refractivity contribution in [1.82, 2.24) is 9.55 Å². The fraction of sp³-hybridized carbons (Fsp3) is 0.261. The number of aliphatic hydroxyl groups excluding tert-OH is 1. The Balaban J connectivity index is 1.55. The number of aliphatic hydroxyl groups is 1. The summed E-state index contributed by atoms with van der Waals surface area (Å²) in [6.45, 7) is -1.52. The minimum atomic E-state index is -4.54. The van der Waals surface area contributed by atoms with E-state index in [1.807, 2.05) is 0 Å². The maximum Gasteiger partial charge on any atom is 0.422 e. The molecule has 0 unspecified atom stereocenters. The van der Waals surface area contributed by atoms with E-state index in [0.717, 1.165) is 17.4 Å². The van der Waals surface area contributed by atoms with E-state index in [1.165, 1.54) is 48.8 Å². The van der Waals surface area contributed by atoms with Gasteiger partial charge in [0.2, 0.25) is 0 Å². The molecule has 7 nitrogen and oxygen atoms in total. The molecule has 0 bridgehead atoms. The number of halogens is 3. The number of anilines is 1. The molecule has 1 atom stereocenters. The van der Waals surface area contributed by atoms with Gasteiger partial charge >= 0.3 is 6.18 Å². The summed E-state index contributed by atoms with van der Waals surface area (Å²) >= 11 is 0. The van der Waals surface area contributed by atoms with E-state index in [9.17, 15) is 27.9 Å². The monoisotopic (exact) mass is 459 g/mol. The molecule has 2 heterocycles. The van der Waals surface area contributed by atoms with Crippen molar-refractivity contribution in [2.45, 2.75) is 25.1 Å². The lowest BCUT2D eigenvalue weighted by molar-refractivity contribution is -0.153. The van der Waals surface area contributed by atoms with Gasteiger partial charge in [0.05, 0.1) is 29.4 Å². The summed E-state index contributed by atoms with van der Waals surface area (Å²) in [7, 11) is 0. The lowest BCUT2D eigenvalue weighted by Gasteiger charge is -2.15. The van der Waals surface area contributed by atoms with Crippen LogP contribution in [-0.4, -0.2) is 33.3 Å². The Hall–Kier alpha value is -3.66. The van der Waals surface area contributed by atoms with Crippen molar-refractivity contribution in [3.05, 3.63) is 82.5 Å². The second kappa shape index (κ2) is 9.07. The van der Waals surface area contributed by atoms with Gasteiger partial charge in [0.15, 0.2) is 6.61 Å². The first-order chi connectivity index (χ1) is 15.7. The first-order valence-electron chi connectivity index (χ1n) is 10.2. The number of hydrogen-bond acceptors (Lipinski definition) is 5. The van der Waals surface area contributed by atoms with Gasteiger partial charge in [-0.1, -0.05) is 12.1 Å². The van der Waals surface area contributed by atoms with Crippen LogP contribution in [0.3, 0.4) is 0 Å². The molecule has 33 heavy (non-hydrogen) atoms. The molecule has 1 aliphatic rings. The molecular formula is C23H20F3N3O4. The number of rotatable bonds is 7. The number of pyridine rings is 2. The molecule has 4 rings (SSSR count). The normalized spacial score (nSPS) is 14.5. The number of ether oxygens (including phenoxy) is 1. The Labute approximate surface area is 186 Å². The van der Waals surface area contributed by atoms with Crippen LogP contribution < -0.4 is 15.6 Å². The van der Waals surface area contributed by atoms with Crippen LogP contribution in [-0.2, 0) is 0 Å². The van der Waals surface area contributed by atoms with Gasteiger partial charge < -0.3 is 15.2 Å². The lowest BCUT2D eigenvalue weighted by atomic mass is 10.1. The van der Waals surface area contributed by atoms with Crippen molar-refractivity contribution in [3.63, 3.8) is 0 Å². The molecule has 2 N–H and O–H groups in total. The maximum atomic E-state index is 13.0. The molecule has 2 aromatic heterocycles. The average Bonchev–Trinajstić information content (AvgIpc) is 3.63. The van der Waals surface area contributed by atoms with Crippen molar-refractivity contribution in [2.75, 3.05) is 11.9 Å². The first-order valence-corrected chi connectivity index (χ1v) is 10.2. The number of hydrogen-bond donors (Lipinski definition) is 2. The van der Waals surface area contributed by atoms with Crippen LogP contribution in [0.2, 0.25) is 0 Å². The molecule has 1 fully saturated rings. The topological polar surface area (TPSA) is 93.5 Å². The largest absolute Gasteiger partial charge is 0.482 e. The van der Waals surface area contributed by atoms with Crippen LogP contribution in [0.5, 0.6) is 5.75 Å². The Morgan fingerprint density at radius 2 is 1.94 bits per heavy atom. The third kappa shape index (κ3) is 5.40. The summed E-state index contributed by atoms with van der Waals surface area (Å²) in [6, 6.07) is 11.7. The molecule has 0 spiro atoms. The molecule has 1 saturated carbocycles. The van der Waals surface area contributed by atoms with E-state index >= 15 is 0 Å². The zero-order valence-corrected chi connectivity index (χ0v) is 17.2. The number of aromatic nitrogens is 2. The van der Waals surface area contributed by atoms with E-state index in [4.69, 9.17) is 4.74 Å². The van der Waals surface area contributed by atoms with Crippen LogP contribution in [0.15, 0.2) is 65.7 Å². The molecular weight excluding hydrogens is 439 g/mol. The number of alkyl halides is 3. The summed E-state index contributed by atoms with van der Waals surface area (Å²) in [6.07, 6.45) is -0.558. The highest BCUT2D eigenvalue weighted by Crippen LogP contribution is 2.40. The fourth-order valence-electron chi connectivity index (χ4n) is 3.30. The Morgan fingerprint density at radius 3 is 2.61 bits per heavy atom. The molecule has 3 aromatic rings. The molecule has 0 saturated heterocycles. The Morgan fingerprint density at radius 1 is 1.18 bits per heavy atom. The molecule has 0 aliphatic heterocycles. The SMILES string of the molecule is O=C(Nc1ccc([C@H](O)C2CC2)nc1)c1cccn(-c2ccccc2OCC(F)(F)F)c1=O. The highest BCUT2D eigenvalue weighted by molar-refractivity contribution is 6.03. The van der Waals surface area contributed by atoms with Gasteiger partial charge in [-0.25, -0.2) is 0 Å². The van der Waals surface area contributed by atoms with Crippen molar-refractivity contribution >= 4 is 11.6 Å². The first kappa shape index (κ1) is 22.5. The second-order valence-corrected chi connectivity index (χ2v) is 7.68. The maximum absolute atomic E-state index is 13.0. The van der Waals surface area contributed by atoms with Crippen LogP contribution in [0.25, 0.3) is 5.69 Å². The van der Waals surface area contributed by atoms with Gasteiger partial charge in [-0.05, 0) is 55.2 Å². The molecule has 172 valence electrons. The van der Waals surface area contributed by atoms with Gasteiger partial charge in [0.1, 0.15) is 11.3 Å². The molecule has 10 heteroatoms. The quantitative estimate of drug-likeness (QED) is 0.560. The van der Waals surface area contributed by atoms with E-state index in [2.05, 4.69) is 10.3 Å². The van der Waals surface area contributed by atoms with Gasteiger partial charge in [-0.2, -0.15) is 13.2 Å². The summed E-state index contributed by atoms with van der Waals surface area (Å²) in [5.41, 5.74) is -0.0398. The van der Waals surface area contributed by atoms with E-state index in [-0.39, 0.29) is 22.9 Å². The van der Waals surface area contributed by atoms with Crippen molar-refractivity contribution in [3.8, 4) is 11.4 Å². The summed E-state index contributed by atoms with van der Waals surface area (Å²) in [5.74, 6) is -0.646. The molecule has 0 radical (unpaired) electrons. The van der Waals surface area contributed by atoms with Crippen molar-refractivity contribution < 1.29 is 27.8 Å². The minimum absolute atomic E-state index is 0.0708. The van der Waals surface area contributed by atoms with E-state index in [1.54, 1.807) is 12.1 Å². The van der Waals surface area contributed by atoms with Gasteiger partial charge in [-0.15, -0.1) is 0 Å². The lowest BCUT2D eigenvalue weighted by Crippen LogP contribution is -2.28. The van der Waals surface area contributed by atoms with Crippen LogP contribution in [0, 0.1) is 5.92 Å². The smallest absolute Gasteiger partial charge is 0.422 e. The van der Waals surface area contributed by atoms with Crippen LogP contribution in [0.1, 0.15) is 35.0 Å². The standard InChI is InChI=1S/C23H20F3N3O4/c24-23(25,26)13-33-19-6-2-1-5-18(19)29-11-3-4-16(22(29)32)21(31)28-15-9-10-17(27-12-15)20(30)14-7-8-14/h1-6,9-12,14,20,30H,7-8,13H2,(H,28,31)/t20-/m1/s1.